The van der Waals surface area contributed by atoms with Crippen molar-refractivity contribution in [1.82, 2.24) is 10.9 Å². The molecular formula is C10H11N3O2. The van der Waals surface area contributed by atoms with Crippen LogP contribution in [0.4, 0.5) is 0 Å². The van der Waals surface area contributed by atoms with Crippen LogP contribution < -0.4 is 15.6 Å². The van der Waals surface area contributed by atoms with Gasteiger partial charge in [0.05, 0.1) is 7.11 Å². The van der Waals surface area contributed by atoms with Gasteiger partial charge in [-0.05, 0) is 24.3 Å². The van der Waals surface area contributed by atoms with E-state index in [0.717, 1.165) is 11.3 Å². The Labute approximate surface area is 87.1 Å². The summed E-state index contributed by atoms with van der Waals surface area (Å²) in [5, 5.41) is 0. The van der Waals surface area contributed by atoms with Crippen LogP contribution in [0.3, 0.4) is 0 Å². The summed E-state index contributed by atoms with van der Waals surface area (Å²) in [5.41, 5.74) is 6.15. The van der Waals surface area contributed by atoms with Gasteiger partial charge in [0.2, 0.25) is 0 Å². The van der Waals surface area contributed by atoms with E-state index in [4.69, 9.17) is 4.74 Å². The molecule has 1 aliphatic heterocycles. The van der Waals surface area contributed by atoms with E-state index < -0.39 is 0 Å². The van der Waals surface area contributed by atoms with Gasteiger partial charge in [-0.25, -0.2) is 0 Å². The lowest BCUT2D eigenvalue weighted by Crippen LogP contribution is -2.47. The van der Waals surface area contributed by atoms with Crippen molar-refractivity contribution >= 4 is 11.7 Å². The average molecular weight is 205 g/mol. The van der Waals surface area contributed by atoms with E-state index in [0.29, 0.717) is 5.84 Å². The second-order valence-electron chi connectivity index (χ2n) is 3.07. The summed E-state index contributed by atoms with van der Waals surface area (Å²) in [6, 6.07) is 7.44. The van der Waals surface area contributed by atoms with Crippen molar-refractivity contribution < 1.29 is 9.53 Å². The van der Waals surface area contributed by atoms with Crippen LogP contribution in [0.5, 0.6) is 5.75 Å². The fourth-order valence-electron chi connectivity index (χ4n) is 1.27. The molecule has 0 bridgehead atoms. The molecule has 2 N–H and O–H groups in total. The third kappa shape index (κ3) is 2.07. The first-order valence-corrected chi connectivity index (χ1v) is 4.53. The number of nitrogens with one attached hydrogen (secondary N) is 2. The van der Waals surface area contributed by atoms with E-state index >= 15 is 0 Å². The average Bonchev–Trinajstić information content (AvgIpc) is 2.30. The van der Waals surface area contributed by atoms with Crippen LogP contribution >= 0.6 is 0 Å². The number of amidine groups is 1. The SMILES string of the molecule is COc1ccc(C2=NCC(=O)NN2)cc1. The molecule has 0 radical (unpaired) electrons. The van der Waals surface area contributed by atoms with Crippen molar-refractivity contribution in [2.75, 3.05) is 13.7 Å². The van der Waals surface area contributed by atoms with Gasteiger partial charge < -0.3 is 4.74 Å². The van der Waals surface area contributed by atoms with E-state index in [1.807, 2.05) is 24.3 Å². The summed E-state index contributed by atoms with van der Waals surface area (Å²) >= 11 is 0. The fourth-order valence-corrected chi connectivity index (χ4v) is 1.27. The topological polar surface area (TPSA) is 62.7 Å². The zero-order valence-electron chi connectivity index (χ0n) is 8.28. The second-order valence-corrected chi connectivity index (χ2v) is 3.07. The van der Waals surface area contributed by atoms with Crippen LogP contribution in [0.25, 0.3) is 0 Å². The van der Waals surface area contributed by atoms with Gasteiger partial charge in [-0.15, -0.1) is 0 Å². The number of methoxy groups -OCH3 is 1. The minimum Gasteiger partial charge on any atom is -0.497 e. The van der Waals surface area contributed by atoms with Crippen LogP contribution in [0, 0.1) is 0 Å². The van der Waals surface area contributed by atoms with Crippen molar-refractivity contribution in [2.45, 2.75) is 0 Å². The van der Waals surface area contributed by atoms with Crippen molar-refractivity contribution in [3.05, 3.63) is 29.8 Å². The zero-order valence-corrected chi connectivity index (χ0v) is 8.28. The highest BCUT2D eigenvalue weighted by molar-refractivity contribution is 6.02. The number of benzene rings is 1. The molecule has 78 valence electrons. The molecule has 0 atom stereocenters. The normalized spacial score (nSPS) is 15.0. The maximum Gasteiger partial charge on any atom is 0.260 e. The highest BCUT2D eigenvalue weighted by Crippen LogP contribution is 2.11. The predicted molar refractivity (Wildman–Crippen MR) is 55.7 cm³/mol. The molecule has 0 aliphatic carbocycles. The summed E-state index contributed by atoms with van der Waals surface area (Å²) in [7, 11) is 1.62. The lowest BCUT2D eigenvalue weighted by molar-refractivity contribution is -0.120. The smallest absolute Gasteiger partial charge is 0.260 e. The predicted octanol–water partition coefficient (Wildman–Crippen LogP) is 0.0762. The molecule has 0 spiro atoms. The Morgan fingerprint density at radius 3 is 2.53 bits per heavy atom. The Bertz CT molecular complexity index is 398. The highest BCUT2D eigenvalue weighted by Gasteiger charge is 2.10. The number of carbonyl (C=O) groups excluding carboxylic acids is 1. The van der Waals surface area contributed by atoms with Gasteiger partial charge in [-0.2, -0.15) is 0 Å². The number of nitrogens with zero attached hydrogens (tertiary/aromatic N) is 1. The summed E-state index contributed by atoms with van der Waals surface area (Å²) in [4.78, 5) is 14.9. The van der Waals surface area contributed by atoms with Crippen molar-refractivity contribution in [3.8, 4) is 5.75 Å². The third-order valence-electron chi connectivity index (χ3n) is 2.06. The van der Waals surface area contributed by atoms with E-state index in [2.05, 4.69) is 15.8 Å². The van der Waals surface area contributed by atoms with Gasteiger partial charge >= 0.3 is 0 Å². The van der Waals surface area contributed by atoms with E-state index in [1.165, 1.54) is 0 Å². The molecule has 1 aromatic rings. The standard InChI is InChI=1S/C10H11N3O2/c1-15-8-4-2-7(3-5-8)10-11-6-9(14)12-13-10/h2-5H,6H2,1H3,(H,11,13)(H,12,14). The largest absolute Gasteiger partial charge is 0.497 e. The number of hydrogen-bond donors (Lipinski definition) is 2. The Morgan fingerprint density at radius 1 is 1.27 bits per heavy atom. The molecule has 1 aromatic carbocycles. The van der Waals surface area contributed by atoms with Gasteiger partial charge in [0, 0.05) is 5.56 Å². The molecule has 0 saturated heterocycles. The van der Waals surface area contributed by atoms with Gasteiger partial charge in [-0.3, -0.25) is 20.6 Å². The molecule has 1 aliphatic rings. The lowest BCUT2D eigenvalue weighted by atomic mass is 10.2. The number of rotatable bonds is 2. The molecule has 1 heterocycles. The fraction of sp³-hybridized carbons (Fsp3) is 0.200. The Balaban J connectivity index is 2.19. The summed E-state index contributed by atoms with van der Waals surface area (Å²) in [5.74, 6) is 1.32. The molecule has 1 amide bonds. The van der Waals surface area contributed by atoms with Crippen molar-refractivity contribution in [3.63, 3.8) is 0 Å². The third-order valence-corrected chi connectivity index (χ3v) is 2.06. The van der Waals surface area contributed by atoms with Crippen LogP contribution in [-0.4, -0.2) is 25.4 Å². The first-order valence-electron chi connectivity index (χ1n) is 4.53. The number of ether oxygens (including phenoxy) is 1. The van der Waals surface area contributed by atoms with Crippen molar-refractivity contribution in [1.29, 1.82) is 0 Å². The number of hydrogen-bond acceptors (Lipinski definition) is 4. The Kier molecular flexibility index (Phi) is 2.53. The maximum absolute atomic E-state index is 10.8. The Morgan fingerprint density at radius 2 is 2.00 bits per heavy atom. The first kappa shape index (κ1) is 9.51. The monoisotopic (exact) mass is 205 g/mol. The molecule has 5 nitrogen and oxygen atoms in total. The molecule has 0 unspecified atom stereocenters. The van der Waals surface area contributed by atoms with Crippen LogP contribution in [0.1, 0.15) is 5.56 Å². The number of amides is 1. The van der Waals surface area contributed by atoms with E-state index in [1.54, 1.807) is 7.11 Å². The van der Waals surface area contributed by atoms with E-state index in [-0.39, 0.29) is 12.5 Å². The number of hydrazine groups is 1. The van der Waals surface area contributed by atoms with Crippen molar-refractivity contribution in [2.24, 2.45) is 4.99 Å². The lowest BCUT2D eigenvalue weighted by Gasteiger charge is -2.15. The molecule has 2 rings (SSSR count). The van der Waals surface area contributed by atoms with Gasteiger partial charge in [0.1, 0.15) is 18.1 Å². The second kappa shape index (κ2) is 4.00. The van der Waals surface area contributed by atoms with Crippen LogP contribution in [-0.2, 0) is 4.79 Å². The minimum atomic E-state index is -0.132. The van der Waals surface area contributed by atoms with Gasteiger partial charge in [0.15, 0.2) is 0 Å². The van der Waals surface area contributed by atoms with Gasteiger partial charge in [-0.1, -0.05) is 0 Å². The van der Waals surface area contributed by atoms with Crippen LogP contribution in [0.15, 0.2) is 29.3 Å². The molecule has 5 heteroatoms. The highest BCUT2D eigenvalue weighted by atomic mass is 16.5. The molecule has 0 aromatic heterocycles. The maximum atomic E-state index is 10.8. The summed E-state index contributed by atoms with van der Waals surface area (Å²) in [6.07, 6.45) is 0. The molecular weight excluding hydrogens is 194 g/mol. The zero-order chi connectivity index (χ0) is 10.7. The molecule has 15 heavy (non-hydrogen) atoms. The Hall–Kier alpha value is -2.04. The van der Waals surface area contributed by atoms with Crippen LogP contribution in [0.2, 0.25) is 0 Å². The number of carbonyl (C=O) groups is 1. The quantitative estimate of drug-likeness (QED) is 0.718. The number of aliphatic imine (C=N–C) groups is 1. The van der Waals surface area contributed by atoms with E-state index in [9.17, 15) is 4.79 Å². The minimum absolute atomic E-state index is 0.132. The summed E-state index contributed by atoms with van der Waals surface area (Å²) in [6.45, 7) is 0.161. The molecule has 0 fully saturated rings. The molecule has 0 saturated carbocycles. The first-order chi connectivity index (χ1) is 7.29. The summed E-state index contributed by atoms with van der Waals surface area (Å²) < 4.78 is 5.04. The van der Waals surface area contributed by atoms with Gasteiger partial charge in [0.25, 0.3) is 5.91 Å².